The van der Waals surface area contributed by atoms with Crippen molar-refractivity contribution >= 4 is 17.7 Å². The molecule has 1 amide bonds. The summed E-state index contributed by atoms with van der Waals surface area (Å²) in [6.07, 6.45) is -2.86. The normalized spacial score (nSPS) is 20.7. The van der Waals surface area contributed by atoms with Crippen LogP contribution in [-0.4, -0.2) is 53.4 Å². The molecule has 2 aliphatic rings. The summed E-state index contributed by atoms with van der Waals surface area (Å²) in [5.41, 5.74) is -0.244. The third-order valence-corrected chi connectivity index (χ3v) is 5.92. The van der Waals surface area contributed by atoms with E-state index in [0.717, 1.165) is 43.5 Å². The average molecular weight is 372 g/mol. The van der Waals surface area contributed by atoms with Gasteiger partial charge in [-0.2, -0.15) is 24.9 Å². The van der Waals surface area contributed by atoms with Crippen LogP contribution in [0.25, 0.3) is 0 Å². The van der Waals surface area contributed by atoms with Crippen LogP contribution in [0.4, 0.5) is 13.2 Å². The number of carbonyl (C=O) groups excluding carboxylic acids is 1. The molecule has 0 unspecified atom stereocenters. The lowest BCUT2D eigenvalue weighted by Gasteiger charge is -2.35. The highest BCUT2D eigenvalue weighted by atomic mass is 32.2. The van der Waals surface area contributed by atoms with E-state index in [1.807, 2.05) is 21.6 Å². The first kappa shape index (κ1) is 18.6. The van der Waals surface area contributed by atoms with Crippen molar-refractivity contribution < 1.29 is 18.0 Å². The van der Waals surface area contributed by atoms with Gasteiger partial charge in [-0.1, -0.05) is 18.2 Å². The van der Waals surface area contributed by atoms with Gasteiger partial charge in [-0.15, -0.1) is 0 Å². The molecule has 3 nitrogen and oxygen atoms in total. The average Bonchev–Trinajstić information content (AvgIpc) is 2.62. The monoisotopic (exact) mass is 372 g/mol. The Kier molecular flexibility index (Phi) is 5.94. The van der Waals surface area contributed by atoms with Crippen LogP contribution in [0.15, 0.2) is 24.3 Å². The third kappa shape index (κ3) is 4.70. The minimum Gasteiger partial charge on any atom is -0.341 e. The Morgan fingerprint density at radius 1 is 1.08 bits per heavy atom. The second-order valence-corrected chi connectivity index (χ2v) is 7.87. The highest BCUT2D eigenvalue weighted by Crippen LogP contribution is 2.33. The minimum absolute atomic E-state index is 0.0252. The highest BCUT2D eigenvalue weighted by Gasteiger charge is 2.34. The van der Waals surface area contributed by atoms with Gasteiger partial charge in [-0.25, -0.2) is 0 Å². The van der Waals surface area contributed by atoms with Crippen LogP contribution < -0.4 is 0 Å². The summed E-state index contributed by atoms with van der Waals surface area (Å²) in [4.78, 5) is 16.5. The summed E-state index contributed by atoms with van der Waals surface area (Å²) in [6, 6.07) is 5.76. The van der Waals surface area contributed by atoms with Gasteiger partial charge in [0.05, 0.1) is 5.56 Å². The van der Waals surface area contributed by atoms with E-state index in [9.17, 15) is 18.0 Å². The molecule has 2 heterocycles. The zero-order chi connectivity index (χ0) is 17.9. The van der Waals surface area contributed by atoms with Crippen molar-refractivity contribution in [2.75, 3.05) is 37.7 Å². The summed E-state index contributed by atoms with van der Waals surface area (Å²) < 4.78 is 39.3. The SMILES string of the molecule is O=C(C1CCN(Cc2ccccc2C(F)(F)F)CC1)N1CCSCC1. The van der Waals surface area contributed by atoms with E-state index in [0.29, 0.717) is 18.7 Å². The van der Waals surface area contributed by atoms with Crippen LogP contribution in [0, 0.1) is 5.92 Å². The van der Waals surface area contributed by atoms with E-state index in [1.165, 1.54) is 6.07 Å². The molecule has 0 aliphatic carbocycles. The Bertz CT molecular complexity index is 594. The number of halogens is 3. The fourth-order valence-electron chi connectivity index (χ4n) is 3.56. The second kappa shape index (κ2) is 7.99. The number of hydrogen-bond donors (Lipinski definition) is 0. The lowest BCUT2D eigenvalue weighted by Crippen LogP contribution is -2.45. The predicted molar refractivity (Wildman–Crippen MR) is 93.4 cm³/mol. The molecule has 0 bridgehead atoms. The van der Waals surface area contributed by atoms with Gasteiger partial charge in [0.2, 0.25) is 5.91 Å². The maximum atomic E-state index is 13.1. The first-order valence-corrected chi connectivity index (χ1v) is 9.84. The Morgan fingerprint density at radius 3 is 2.36 bits per heavy atom. The van der Waals surface area contributed by atoms with Gasteiger partial charge in [-0.3, -0.25) is 9.69 Å². The van der Waals surface area contributed by atoms with Crippen molar-refractivity contribution in [3.05, 3.63) is 35.4 Å². The Hall–Kier alpha value is -1.21. The van der Waals surface area contributed by atoms with Crippen LogP contribution in [0.1, 0.15) is 24.0 Å². The zero-order valence-electron chi connectivity index (χ0n) is 14.1. The number of piperidine rings is 1. The number of amides is 1. The molecular weight excluding hydrogens is 349 g/mol. The summed E-state index contributed by atoms with van der Waals surface area (Å²) in [7, 11) is 0. The molecule has 0 N–H and O–H groups in total. The number of likely N-dealkylation sites (tertiary alicyclic amines) is 1. The highest BCUT2D eigenvalue weighted by molar-refractivity contribution is 7.99. The second-order valence-electron chi connectivity index (χ2n) is 6.64. The number of nitrogens with zero attached hydrogens (tertiary/aromatic N) is 2. The summed E-state index contributed by atoms with van der Waals surface area (Å²) in [5, 5.41) is 0. The minimum atomic E-state index is -4.32. The van der Waals surface area contributed by atoms with Crippen molar-refractivity contribution in [1.82, 2.24) is 9.80 Å². The zero-order valence-corrected chi connectivity index (χ0v) is 14.9. The fraction of sp³-hybridized carbons (Fsp3) is 0.611. The number of benzene rings is 1. The number of hydrogen-bond acceptors (Lipinski definition) is 3. The maximum absolute atomic E-state index is 13.1. The Balaban J connectivity index is 1.56. The fourth-order valence-corrected chi connectivity index (χ4v) is 4.46. The molecule has 25 heavy (non-hydrogen) atoms. The van der Waals surface area contributed by atoms with Crippen LogP contribution in [0.2, 0.25) is 0 Å². The summed E-state index contributed by atoms with van der Waals surface area (Å²) in [5.74, 6) is 2.25. The van der Waals surface area contributed by atoms with Crippen LogP contribution in [0.3, 0.4) is 0 Å². The molecule has 1 aromatic rings. The lowest BCUT2D eigenvalue weighted by molar-refractivity contribution is -0.138. The van der Waals surface area contributed by atoms with Crippen molar-refractivity contribution in [1.29, 1.82) is 0 Å². The summed E-state index contributed by atoms with van der Waals surface area (Å²) >= 11 is 1.87. The Labute approximate surface area is 150 Å². The number of rotatable bonds is 3. The third-order valence-electron chi connectivity index (χ3n) is 4.98. The molecule has 0 saturated carbocycles. The number of thioether (sulfide) groups is 1. The largest absolute Gasteiger partial charge is 0.416 e. The first-order valence-electron chi connectivity index (χ1n) is 8.69. The van der Waals surface area contributed by atoms with E-state index in [4.69, 9.17) is 0 Å². The topological polar surface area (TPSA) is 23.6 Å². The van der Waals surface area contributed by atoms with E-state index < -0.39 is 11.7 Å². The molecule has 0 radical (unpaired) electrons. The Morgan fingerprint density at radius 2 is 1.72 bits per heavy atom. The quantitative estimate of drug-likeness (QED) is 0.812. The molecule has 2 saturated heterocycles. The standard InChI is InChI=1S/C18H23F3N2OS/c19-18(20,21)16-4-2-1-3-15(16)13-22-7-5-14(6-8-22)17(24)23-9-11-25-12-10-23/h1-4,14H,5-13H2. The van der Waals surface area contributed by atoms with E-state index in [2.05, 4.69) is 0 Å². The van der Waals surface area contributed by atoms with Crippen molar-refractivity contribution in [2.24, 2.45) is 5.92 Å². The molecule has 7 heteroatoms. The van der Waals surface area contributed by atoms with Crippen molar-refractivity contribution in [2.45, 2.75) is 25.6 Å². The van der Waals surface area contributed by atoms with Gasteiger partial charge in [0.1, 0.15) is 0 Å². The van der Waals surface area contributed by atoms with Gasteiger partial charge in [0.25, 0.3) is 0 Å². The molecule has 138 valence electrons. The van der Waals surface area contributed by atoms with Crippen LogP contribution in [0.5, 0.6) is 0 Å². The van der Waals surface area contributed by atoms with Crippen LogP contribution >= 0.6 is 11.8 Å². The van der Waals surface area contributed by atoms with Gasteiger partial charge >= 0.3 is 6.18 Å². The number of alkyl halides is 3. The molecule has 2 fully saturated rings. The molecule has 0 aromatic heterocycles. The van der Waals surface area contributed by atoms with Crippen LogP contribution in [-0.2, 0) is 17.5 Å². The number of carbonyl (C=O) groups is 1. The molecule has 2 aliphatic heterocycles. The molecule has 1 aromatic carbocycles. The van der Waals surface area contributed by atoms with Gasteiger partial charge in [0.15, 0.2) is 0 Å². The smallest absolute Gasteiger partial charge is 0.341 e. The van der Waals surface area contributed by atoms with E-state index >= 15 is 0 Å². The molecule has 3 rings (SSSR count). The van der Waals surface area contributed by atoms with E-state index in [-0.39, 0.29) is 18.4 Å². The lowest BCUT2D eigenvalue weighted by atomic mass is 9.94. The van der Waals surface area contributed by atoms with Gasteiger partial charge < -0.3 is 4.90 Å². The van der Waals surface area contributed by atoms with Crippen molar-refractivity contribution in [3.63, 3.8) is 0 Å². The van der Waals surface area contributed by atoms with Gasteiger partial charge in [0, 0.05) is 37.1 Å². The molecule has 0 atom stereocenters. The predicted octanol–water partition coefficient (Wildman–Crippen LogP) is 3.49. The van der Waals surface area contributed by atoms with E-state index in [1.54, 1.807) is 12.1 Å². The first-order chi connectivity index (χ1) is 11.9. The molecule has 0 spiro atoms. The van der Waals surface area contributed by atoms with Crippen molar-refractivity contribution in [3.8, 4) is 0 Å². The maximum Gasteiger partial charge on any atom is 0.416 e. The van der Waals surface area contributed by atoms with Gasteiger partial charge in [-0.05, 0) is 37.6 Å². The summed E-state index contributed by atoms with van der Waals surface area (Å²) in [6.45, 7) is 3.28. The molecular formula is C18H23F3N2OS.